The number of ether oxygens (including phenoxy) is 1. The van der Waals surface area contributed by atoms with Crippen molar-refractivity contribution in [3.63, 3.8) is 0 Å². The third kappa shape index (κ3) is 5.69. The molecule has 2 aromatic rings. The molecule has 0 aliphatic carbocycles. The van der Waals surface area contributed by atoms with E-state index in [-0.39, 0.29) is 43.3 Å². The highest BCUT2D eigenvalue weighted by Crippen LogP contribution is 2.72. The third-order valence-electron chi connectivity index (χ3n) is 10.4. The predicted molar refractivity (Wildman–Crippen MR) is 190 cm³/mol. The number of aryl methyl sites for hydroxylation is 2. The molecule has 2 aromatic carbocycles. The van der Waals surface area contributed by atoms with Crippen LogP contribution in [0.3, 0.4) is 0 Å². The first kappa shape index (κ1) is 34.8. The zero-order chi connectivity index (χ0) is 34.3. The maximum atomic E-state index is 15.2. The van der Waals surface area contributed by atoms with Crippen molar-refractivity contribution in [2.45, 2.75) is 76.0 Å². The van der Waals surface area contributed by atoms with Gasteiger partial charge in [0.25, 0.3) is 5.91 Å². The van der Waals surface area contributed by atoms with E-state index in [1.54, 1.807) is 38.6 Å². The van der Waals surface area contributed by atoms with E-state index in [1.165, 1.54) is 0 Å². The molecule has 6 atom stereocenters. The summed E-state index contributed by atoms with van der Waals surface area (Å²) in [7, 11) is 0. The number of carbonyl (C=O) groups is 3. The van der Waals surface area contributed by atoms with Crippen LogP contribution in [0.2, 0.25) is 0 Å². The zero-order valence-electron chi connectivity index (χ0n) is 28.6. The molecule has 3 heterocycles. The fourth-order valence-electron chi connectivity index (χ4n) is 8.30. The number of benzene rings is 2. The largest absolute Gasteiger partial charge is 0.494 e. The molecule has 2 unspecified atom stereocenters. The van der Waals surface area contributed by atoms with Crippen molar-refractivity contribution in [2.75, 3.05) is 36.1 Å². The summed E-state index contributed by atoms with van der Waals surface area (Å²) in [4.78, 5) is 50.0. The monoisotopic (exact) mass is 659 g/mol. The van der Waals surface area contributed by atoms with Crippen molar-refractivity contribution in [1.82, 2.24) is 4.90 Å². The number of thioether (sulfide) groups is 1. The minimum atomic E-state index is -0.860. The van der Waals surface area contributed by atoms with Crippen molar-refractivity contribution in [2.24, 2.45) is 17.8 Å². The molecule has 5 rings (SSSR count). The molecule has 2 bridgehead atoms. The van der Waals surface area contributed by atoms with Gasteiger partial charge in [-0.05, 0) is 81.8 Å². The Hall–Kier alpha value is -3.56. The average molecular weight is 660 g/mol. The van der Waals surface area contributed by atoms with Crippen LogP contribution < -0.4 is 14.5 Å². The number of hydrogen-bond acceptors (Lipinski definition) is 6. The minimum Gasteiger partial charge on any atom is -0.494 e. The number of aliphatic hydroxyl groups excluding tert-OH is 1. The summed E-state index contributed by atoms with van der Waals surface area (Å²) in [6, 6.07) is 11.9. The van der Waals surface area contributed by atoms with E-state index >= 15 is 4.79 Å². The standard InChI is InChI=1S/C38H49N3O5S/c1-9-21-39(27-15-17-28(18-16-27)46-11-3)34(43)30-31-35(44)41(29(23-42)24(4)5)33(38(31)20-19-37(30,8)47-38)36(45)40(22-10-2)32-25(6)13-12-14-26(32)7/h9-10,12-18,24,29-31,33,42H,1-2,11,19-23H2,3-8H3/t29-,30+,31-,33?,37-,38?/m0/s1. The number of amides is 3. The molecule has 47 heavy (non-hydrogen) atoms. The third-order valence-corrected chi connectivity index (χ3v) is 12.3. The Balaban J connectivity index is 1.63. The SMILES string of the molecule is C=CCN(C(=O)[C@H]1[C@H]2C(=O)N([C@@H](CO)C(C)C)C(C(=O)N(CC=C)c3c(C)cccc3C)C23CC[C@]1(C)S3)c1ccc(OCC)cc1. The van der Waals surface area contributed by atoms with Crippen molar-refractivity contribution in [3.8, 4) is 5.75 Å². The molecule has 1 N–H and O–H groups in total. The Morgan fingerprint density at radius 2 is 1.66 bits per heavy atom. The second-order valence-corrected chi connectivity index (χ2v) is 15.5. The molecule has 0 aromatic heterocycles. The lowest BCUT2D eigenvalue weighted by Crippen LogP contribution is -2.58. The van der Waals surface area contributed by atoms with Crippen molar-refractivity contribution in [1.29, 1.82) is 0 Å². The highest BCUT2D eigenvalue weighted by molar-refractivity contribution is 8.02. The molecular formula is C38H49N3O5S. The maximum Gasteiger partial charge on any atom is 0.251 e. The van der Waals surface area contributed by atoms with Crippen LogP contribution in [0.15, 0.2) is 67.8 Å². The van der Waals surface area contributed by atoms with Gasteiger partial charge in [-0.3, -0.25) is 14.4 Å². The number of rotatable bonds is 13. The van der Waals surface area contributed by atoms with Crippen LogP contribution in [0.1, 0.15) is 51.7 Å². The number of para-hydroxylation sites is 1. The fourth-order valence-corrected chi connectivity index (χ4v) is 10.6. The van der Waals surface area contributed by atoms with Crippen LogP contribution in [-0.2, 0) is 14.4 Å². The molecule has 1 spiro atoms. The van der Waals surface area contributed by atoms with Gasteiger partial charge in [-0.1, -0.05) is 44.2 Å². The summed E-state index contributed by atoms with van der Waals surface area (Å²) in [5, 5.41) is 10.7. The number of carbonyl (C=O) groups excluding carboxylic acids is 3. The van der Waals surface area contributed by atoms with Gasteiger partial charge in [-0.15, -0.1) is 24.9 Å². The van der Waals surface area contributed by atoms with Gasteiger partial charge in [-0.25, -0.2) is 0 Å². The first-order valence-electron chi connectivity index (χ1n) is 16.7. The van der Waals surface area contributed by atoms with E-state index in [1.807, 2.05) is 77.1 Å². The highest BCUT2D eigenvalue weighted by Gasteiger charge is 2.78. The molecular weight excluding hydrogens is 611 g/mol. The van der Waals surface area contributed by atoms with Crippen LogP contribution in [0.25, 0.3) is 0 Å². The molecule has 3 aliphatic rings. The van der Waals surface area contributed by atoms with Crippen LogP contribution in [0.5, 0.6) is 5.75 Å². The lowest BCUT2D eigenvalue weighted by molar-refractivity contribution is -0.143. The number of hydrogen-bond donors (Lipinski definition) is 1. The summed E-state index contributed by atoms with van der Waals surface area (Å²) < 4.78 is 4.24. The van der Waals surface area contributed by atoms with E-state index in [9.17, 15) is 14.7 Å². The zero-order valence-corrected chi connectivity index (χ0v) is 29.4. The Morgan fingerprint density at radius 1 is 1.04 bits per heavy atom. The Bertz CT molecular complexity index is 1520. The van der Waals surface area contributed by atoms with Crippen molar-refractivity contribution in [3.05, 3.63) is 78.9 Å². The van der Waals surface area contributed by atoms with Crippen LogP contribution in [0.4, 0.5) is 11.4 Å². The smallest absolute Gasteiger partial charge is 0.251 e. The Morgan fingerprint density at radius 3 is 2.21 bits per heavy atom. The van der Waals surface area contributed by atoms with Gasteiger partial charge in [0.1, 0.15) is 11.8 Å². The van der Waals surface area contributed by atoms with E-state index in [0.29, 0.717) is 30.9 Å². The maximum absolute atomic E-state index is 15.2. The number of likely N-dealkylation sites (tertiary alicyclic amines) is 1. The average Bonchev–Trinajstić information content (AvgIpc) is 3.60. The van der Waals surface area contributed by atoms with E-state index < -0.39 is 33.4 Å². The number of aliphatic hydroxyl groups is 1. The van der Waals surface area contributed by atoms with E-state index in [4.69, 9.17) is 4.74 Å². The minimum absolute atomic E-state index is 0.115. The summed E-state index contributed by atoms with van der Waals surface area (Å²) in [6.07, 6.45) is 4.72. The van der Waals surface area contributed by atoms with Crippen LogP contribution in [0, 0.1) is 31.6 Å². The highest BCUT2D eigenvalue weighted by atomic mass is 32.2. The van der Waals surface area contributed by atoms with Gasteiger partial charge in [0.05, 0.1) is 35.8 Å². The molecule has 0 radical (unpaired) electrons. The van der Waals surface area contributed by atoms with Crippen molar-refractivity contribution < 1.29 is 24.2 Å². The molecule has 9 heteroatoms. The van der Waals surface area contributed by atoms with Crippen LogP contribution in [-0.4, -0.2) is 75.6 Å². The van der Waals surface area contributed by atoms with E-state index in [0.717, 1.165) is 16.8 Å². The van der Waals surface area contributed by atoms with Gasteiger partial charge >= 0.3 is 0 Å². The molecule has 0 saturated carbocycles. The molecule has 8 nitrogen and oxygen atoms in total. The normalized spacial score (nSPS) is 26.7. The second kappa shape index (κ2) is 13.5. The van der Waals surface area contributed by atoms with Gasteiger partial charge < -0.3 is 24.5 Å². The number of nitrogens with zero attached hydrogens (tertiary/aromatic N) is 3. The van der Waals surface area contributed by atoms with Gasteiger partial charge in [0, 0.05) is 29.2 Å². The first-order valence-corrected chi connectivity index (χ1v) is 17.5. The van der Waals surface area contributed by atoms with Gasteiger partial charge in [0.15, 0.2) is 0 Å². The predicted octanol–water partition coefficient (Wildman–Crippen LogP) is 5.94. The number of fused-ring (bicyclic) bond motifs is 1. The summed E-state index contributed by atoms with van der Waals surface area (Å²) in [6.45, 7) is 20.6. The first-order chi connectivity index (χ1) is 22.4. The molecule has 3 saturated heterocycles. The molecule has 252 valence electrons. The van der Waals surface area contributed by atoms with Crippen LogP contribution >= 0.6 is 11.8 Å². The quantitative estimate of drug-likeness (QED) is 0.268. The van der Waals surface area contributed by atoms with E-state index in [2.05, 4.69) is 20.1 Å². The Labute approximate surface area is 283 Å². The molecule has 3 amide bonds. The number of anilines is 2. The summed E-state index contributed by atoms with van der Waals surface area (Å²) >= 11 is 1.64. The summed E-state index contributed by atoms with van der Waals surface area (Å²) in [5.41, 5.74) is 3.40. The lowest BCUT2D eigenvalue weighted by Gasteiger charge is -2.41. The fraction of sp³-hybridized carbons (Fsp3) is 0.500. The van der Waals surface area contributed by atoms with Gasteiger partial charge in [0.2, 0.25) is 11.8 Å². The Kier molecular flexibility index (Phi) is 10.00. The second-order valence-electron chi connectivity index (χ2n) is 13.6. The molecule has 3 fully saturated rings. The molecule has 3 aliphatic heterocycles. The van der Waals surface area contributed by atoms with Crippen molar-refractivity contribution >= 4 is 40.9 Å². The lowest BCUT2D eigenvalue weighted by atomic mass is 9.66. The summed E-state index contributed by atoms with van der Waals surface area (Å²) in [5.74, 6) is -1.37. The van der Waals surface area contributed by atoms with Gasteiger partial charge in [-0.2, -0.15) is 0 Å². The topological polar surface area (TPSA) is 90.4 Å².